The predicted molar refractivity (Wildman–Crippen MR) is 132 cm³/mol. The van der Waals surface area contributed by atoms with Crippen molar-refractivity contribution in [2.75, 3.05) is 12.1 Å². The minimum absolute atomic E-state index is 0.258. The molecule has 2 aromatic heterocycles. The summed E-state index contributed by atoms with van der Waals surface area (Å²) in [5.74, 6) is -0.486. The lowest BCUT2D eigenvalue weighted by molar-refractivity contribution is -0.141. The molecule has 2 heterocycles. The number of ether oxygens (including phenoxy) is 1. The van der Waals surface area contributed by atoms with Crippen molar-refractivity contribution in [1.29, 1.82) is 0 Å². The van der Waals surface area contributed by atoms with Crippen molar-refractivity contribution in [3.63, 3.8) is 0 Å². The van der Waals surface area contributed by atoms with Gasteiger partial charge in [-0.15, -0.1) is 0 Å². The van der Waals surface area contributed by atoms with E-state index in [9.17, 15) is 14.5 Å². The van der Waals surface area contributed by atoms with Crippen molar-refractivity contribution in [1.82, 2.24) is 24.2 Å². The Morgan fingerprint density at radius 1 is 1.24 bits per heavy atom. The van der Waals surface area contributed by atoms with Crippen LogP contribution >= 0.6 is 23.4 Å². The zero-order valence-electron chi connectivity index (χ0n) is 19.3. The van der Waals surface area contributed by atoms with Gasteiger partial charge >= 0.3 is 13.5 Å². The summed E-state index contributed by atoms with van der Waals surface area (Å²) in [4.78, 5) is 24.3. The predicted octanol–water partition coefficient (Wildman–Crippen LogP) is 3.99. The average molecular weight is 555 g/mol. The molecule has 0 aliphatic carbocycles. The molecule has 0 aliphatic rings. The van der Waals surface area contributed by atoms with E-state index in [0.29, 0.717) is 28.2 Å². The molecule has 0 amide bonds. The maximum Gasteiger partial charge on any atom is 0.345 e. The summed E-state index contributed by atoms with van der Waals surface area (Å²) < 4.78 is 29.7. The summed E-state index contributed by atoms with van der Waals surface area (Å²) in [7, 11) is -3.78. The van der Waals surface area contributed by atoms with Crippen LogP contribution in [-0.2, 0) is 20.6 Å². The highest BCUT2D eigenvalue weighted by Gasteiger charge is 2.42. The highest BCUT2D eigenvalue weighted by molar-refractivity contribution is 9.10. The van der Waals surface area contributed by atoms with E-state index in [4.69, 9.17) is 15.0 Å². The van der Waals surface area contributed by atoms with Gasteiger partial charge in [0.05, 0.1) is 12.6 Å². The van der Waals surface area contributed by atoms with Crippen LogP contribution in [0, 0.1) is 0 Å². The first-order valence-corrected chi connectivity index (χ1v) is 13.2. The molecule has 34 heavy (non-hydrogen) atoms. The van der Waals surface area contributed by atoms with E-state index >= 15 is 0 Å². The molecule has 1 unspecified atom stereocenters. The molecule has 0 spiro atoms. The van der Waals surface area contributed by atoms with E-state index in [2.05, 4.69) is 30.9 Å². The van der Waals surface area contributed by atoms with Crippen LogP contribution in [0.1, 0.15) is 27.7 Å². The number of halogens is 1. The molecule has 3 atom stereocenters. The summed E-state index contributed by atoms with van der Waals surface area (Å²) in [6, 6.07) is 7.20. The number of fused-ring (bicyclic) bond motifs is 1. The number of nitrogen functional groups attached to an aromatic ring is 1. The molecule has 11 nitrogen and oxygen atoms in total. The van der Waals surface area contributed by atoms with Gasteiger partial charge in [-0.3, -0.25) is 9.36 Å². The number of hydrogen-bond donors (Lipinski definition) is 2. The zero-order chi connectivity index (χ0) is 25.0. The first kappa shape index (κ1) is 26.1. The Hall–Kier alpha value is -2.53. The number of carbonyl (C=O) groups is 1. The van der Waals surface area contributed by atoms with Gasteiger partial charge in [-0.2, -0.15) is 0 Å². The third kappa shape index (κ3) is 5.75. The molecule has 0 bridgehead atoms. The van der Waals surface area contributed by atoms with Gasteiger partial charge in [0.15, 0.2) is 21.7 Å². The molecule has 0 saturated heterocycles. The Bertz CT molecular complexity index is 1190. The van der Waals surface area contributed by atoms with Gasteiger partial charge in [0, 0.05) is 6.04 Å². The first-order chi connectivity index (χ1) is 16.0. The molecule has 0 aliphatic heterocycles. The average Bonchev–Trinajstić information content (AvgIpc) is 3.09. The van der Waals surface area contributed by atoms with Crippen LogP contribution < -0.4 is 10.3 Å². The maximum atomic E-state index is 14.2. The molecule has 0 fully saturated rings. The first-order valence-electron chi connectivity index (χ1n) is 10.6. The number of nitrogens with zero attached hydrogens (tertiary/aromatic N) is 5. The van der Waals surface area contributed by atoms with Crippen molar-refractivity contribution in [3.8, 4) is 5.75 Å². The van der Waals surface area contributed by atoms with Gasteiger partial charge in [0.2, 0.25) is 0 Å². The monoisotopic (exact) mass is 554 g/mol. The number of aromatic nitrogens is 4. The number of imidazole rings is 1. The van der Waals surface area contributed by atoms with Gasteiger partial charge < -0.3 is 24.7 Å². The summed E-state index contributed by atoms with van der Waals surface area (Å²) in [6.45, 7) is 7.13. The van der Waals surface area contributed by atoms with E-state index in [1.54, 1.807) is 55.7 Å². The molecule has 0 radical (unpaired) electrons. The lowest BCUT2D eigenvalue weighted by Crippen LogP contribution is -2.43. The number of carboxylic acids is 1. The largest absolute Gasteiger partial charge is 0.480 e. The second-order valence-corrected chi connectivity index (χ2v) is 10.9. The quantitative estimate of drug-likeness (QED) is 0.263. The number of carboxylic acid groups (broad SMARTS) is 1. The van der Waals surface area contributed by atoms with Gasteiger partial charge in [0.25, 0.3) is 0 Å². The van der Waals surface area contributed by atoms with E-state index in [0.717, 1.165) is 0 Å². The maximum absolute atomic E-state index is 14.2. The summed E-state index contributed by atoms with van der Waals surface area (Å²) in [5.41, 5.74) is 6.88. The fourth-order valence-electron chi connectivity index (χ4n) is 3.58. The van der Waals surface area contributed by atoms with Gasteiger partial charge in [-0.25, -0.2) is 19.6 Å². The van der Waals surface area contributed by atoms with Crippen molar-refractivity contribution in [2.24, 2.45) is 0 Å². The van der Waals surface area contributed by atoms with Crippen molar-refractivity contribution in [3.05, 3.63) is 41.4 Å². The van der Waals surface area contributed by atoms with Gasteiger partial charge in [-0.1, -0.05) is 18.2 Å². The number of rotatable bonds is 11. The topological polar surface area (TPSA) is 146 Å². The Balaban J connectivity index is 1.85. The normalized spacial score (nSPS) is 15.4. The van der Waals surface area contributed by atoms with E-state index in [1.807, 2.05) is 0 Å². The molecular weight excluding hydrogens is 527 g/mol. The van der Waals surface area contributed by atoms with Crippen LogP contribution in [0.15, 0.2) is 41.4 Å². The molecular formula is C21H28BrN6O5P. The van der Waals surface area contributed by atoms with E-state index < -0.39 is 25.6 Å². The third-order valence-corrected chi connectivity index (χ3v) is 8.19. The molecule has 3 N–H and O–H groups in total. The fourth-order valence-corrected chi connectivity index (χ4v) is 6.58. The highest BCUT2D eigenvalue weighted by atomic mass is 79.9. The van der Waals surface area contributed by atoms with Crippen LogP contribution in [0.4, 0.5) is 5.82 Å². The summed E-state index contributed by atoms with van der Waals surface area (Å²) in [5, 5.41) is 9.64. The molecule has 1 aromatic carbocycles. The minimum atomic E-state index is -3.78. The van der Waals surface area contributed by atoms with Crippen LogP contribution in [0.3, 0.4) is 0 Å². The van der Waals surface area contributed by atoms with Crippen molar-refractivity contribution >= 4 is 46.4 Å². The number of nitrogens with two attached hydrogens (primary N) is 1. The molecule has 3 rings (SSSR count). The second kappa shape index (κ2) is 10.8. The lowest BCUT2D eigenvalue weighted by atomic mass is 10.3. The molecule has 184 valence electrons. The lowest BCUT2D eigenvalue weighted by Gasteiger charge is -2.36. The van der Waals surface area contributed by atoms with E-state index in [-0.39, 0.29) is 18.2 Å². The standard InChI is InChI=1S/C21H28BrN6O5P/c1-13(2)28(15(4)20(29)30)34(31,33-16-8-6-5-7-9-16)12-32-14(3)10-27-19-17(26-21(27)22)18(23)24-11-25-19/h5-9,11,13-15H,10,12H2,1-4H3,(H,29,30)(H2,23,24,25)/t14-,15+,34?/m1/s1. The Morgan fingerprint density at radius 2 is 1.91 bits per heavy atom. The Labute approximate surface area is 205 Å². The fraction of sp³-hybridized carbons (Fsp3) is 0.429. The smallest absolute Gasteiger partial charge is 0.345 e. The number of benzene rings is 1. The van der Waals surface area contributed by atoms with Gasteiger partial charge in [0.1, 0.15) is 24.5 Å². The van der Waals surface area contributed by atoms with Crippen LogP contribution in [-0.4, -0.2) is 59.8 Å². The SMILES string of the molecule is CC(C)N([C@@H](C)C(=O)O)P(=O)(CO[C@H](C)Cn1c(Br)nc2c(N)ncnc21)Oc1ccccc1. The molecule has 13 heteroatoms. The second-order valence-electron chi connectivity index (χ2n) is 8.06. The van der Waals surface area contributed by atoms with Crippen molar-refractivity contribution in [2.45, 2.75) is 52.4 Å². The zero-order valence-corrected chi connectivity index (χ0v) is 21.8. The Kier molecular flexibility index (Phi) is 8.29. The van der Waals surface area contributed by atoms with E-state index in [1.165, 1.54) is 17.9 Å². The van der Waals surface area contributed by atoms with Gasteiger partial charge in [-0.05, 0) is 55.8 Å². The number of hydrogen-bond acceptors (Lipinski definition) is 8. The third-order valence-electron chi connectivity index (χ3n) is 5.10. The summed E-state index contributed by atoms with van der Waals surface area (Å²) in [6.07, 6.45) is 0.579. The molecule has 3 aromatic rings. The van der Waals surface area contributed by atoms with Crippen LogP contribution in [0.25, 0.3) is 11.2 Å². The number of para-hydroxylation sites is 1. The van der Waals surface area contributed by atoms with Crippen molar-refractivity contribution < 1.29 is 23.7 Å². The number of anilines is 1. The number of aliphatic carboxylic acids is 1. The molecule has 0 saturated carbocycles. The van der Waals surface area contributed by atoms with Crippen LogP contribution in [0.2, 0.25) is 0 Å². The minimum Gasteiger partial charge on any atom is -0.480 e. The van der Waals surface area contributed by atoms with Crippen LogP contribution in [0.5, 0.6) is 5.75 Å². The highest BCUT2D eigenvalue weighted by Crippen LogP contribution is 2.53. The summed E-state index contributed by atoms with van der Waals surface area (Å²) >= 11 is 3.40. The Morgan fingerprint density at radius 3 is 2.53 bits per heavy atom.